The summed E-state index contributed by atoms with van der Waals surface area (Å²) in [4.78, 5) is 0. The predicted octanol–water partition coefficient (Wildman–Crippen LogP) is 3.76. The maximum atomic E-state index is 4.04. The van der Waals surface area contributed by atoms with Gasteiger partial charge in [0.25, 0.3) is 0 Å². The summed E-state index contributed by atoms with van der Waals surface area (Å²) < 4.78 is 0. The molecule has 1 nitrogen and oxygen atoms in total. The minimum atomic E-state index is 0.836. The largest absolute Gasteiger partial charge is 0.317 e. The van der Waals surface area contributed by atoms with Crippen molar-refractivity contribution in [1.29, 1.82) is 0 Å². The van der Waals surface area contributed by atoms with Gasteiger partial charge in [-0.15, -0.1) is 0 Å². The Morgan fingerprint density at radius 2 is 1.93 bits per heavy atom. The molecule has 0 rings (SSSR count). The lowest BCUT2D eigenvalue weighted by Crippen LogP contribution is -2.18. The zero-order chi connectivity index (χ0) is 10.8. The zero-order valence-electron chi connectivity index (χ0n) is 10.2. The molecule has 1 atom stereocenters. The van der Waals surface area contributed by atoms with Gasteiger partial charge in [0.15, 0.2) is 0 Å². The third-order valence-electron chi connectivity index (χ3n) is 2.73. The minimum Gasteiger partial charge on any atom is -0.317 e. The average Bonchev–Trinajstić information content (AvgIpc) is 2.21. The van der Waals surface area contributed by atoms with Gasteiger partial charge in [-0.1, -0.05) is 32.9 Å². The summed E-state index contributed by atoms with van der Waals surface area (Å²) in [5.74, 6) is 0.836. The van der Waals surface area contributed by atoms with Crippen molar-refractivity contribution in [2.45, 2.75) is 52.9 Å². The third-order valence-corrected chi connectivity index (χ3v) is 2.73. The second-order valence-corrected chi connectivity index (χ2v) is 4.29. The van der Waals surface area contributed by atoms with Crippen molar-refractivity contribution in [2.24, 2.45) is 5.92 Å². The fourth-order valence-electron chi connectivity index (χ4n) is 1.42. The van der Waals surface area contributed by atoms with Gasteiger partial charge >= 0.3 is 0 Å². The first kappa shape index (κ1) is 13.7. The molecule has 0 spiro atoms. The van der Waals surface area contributed by atoms with Crippen LogP contribution in [0.1, 0.15) is 52.9 Å². The molecule has 0 aliphatic heterocycles. The van der Waals surface area contributed by atoms with Gasteiger partial charge in [-0.05, 0) is 51.1 Å². The fraction of sp³-hybridized carbons (Fsp3) is 0.846. The smallest absolute Gasteiger partial charge is 0.00464 e. The van der Waals surface area contributed by atoms with Crippen LogP contribution in [0, 0.1) is 5.92 Å². The van der Waals surface area contributed by atoms with Crippen molar-refractivity contribution in [3.05, 3.63) is 12.2 Å². The molecule has 1 N–H and O–H groups in total. The van der Waals surface area contributed by atoms with Gasteiger partial charge in [-0.25, -0.2) is 0 Å². The first-order valence-electron chi connectivity index (χ1n) is 6.08. The lowest BCUT2D eigenvalue weighted by atomic mass is 9.98. The van der Waals surface area contributed by atoms with Crippen molar-refractivity contribution in [2.75, 3.05) is 13.1 Å². The topological polar surface area (TPSA) is 12.0 Å². The van der Waals surface area contributed by atoms with E-state index in [4.69, 9.17) is 0 Å². The molecule has 0 aromatic heterocycles. The van der Waals surface area contributed by atoms with E-state index in [-0.39, 0.29) is 0 Å². The first-order chi connectivity index (χ1) is 6.70. The standard InChI is InChI=1S/C13H27N/c1-5-10-14-11-9-13(4)8-7-12(3)6-2/h13-14H,3,5-11H2,1-2,4H3. The van der Waals surface area contributed by atoms with E-state index in [0.29, 0.717) is 0 Å². The normalized spacial score (nSPS) is 12.8. The summed E-state index contributed by atoms with van der Waals surface area (Å²) in [6.07, 6.45) is 6.20. The summed E-state index contributed by atoms with van der Waals surface area (Å²) >= 11 is 0. The van der Waals surface area contributed by atoms with Gasteiger partial charge < -0.3 is 5.32 Å². The third kappa shape index (κ3) is 8.31. The van der Waals surface area contributed by atoms with Crippen LogP contribution >= 0.6 is 0 Å². The Morgan fingerprint density at radius 1 is 1.21 bits per heavy atom. The Bertz CT molecular complexity index is 140. The lowest BCUT2D eigenvalue weighted by Gasteiger charge is -2.12. The van der Waals surface area contributed by atoms with Crippen LogP contribution in [0.15, 0.2) is 12.2 Å². The molecule has 0 amide bonds. The zero-order valence-corrected chi connectivity index (χ0v) is 10.2. The molecule has 1 heteroatoms. The second kappa shape index (κ2) is 9.26. The SMILES string of the molecule is C=C(CC)CCC(C)CCNCCC. The predicted molar refractivity (Wildman–Crippen MR) is 65.6 cm³/mol. The maximum absolute atomic E-state index is 4.04. The first-order valence-corrected chi connectivity index (χ1v) is 6.08. The summed E-state index contributed by atoms with van der Waals surface area (Å²) in [6, 6.07) is 0. The summed E-state index contributed by atoms with van der Waals surface area (Å²) in [5, 5.41) is 3.45. The van der Waals surface area contributed by atoms with Gasteiger partial charge in [-0.2, -0.15) is 0 Å². The Kier molecular flexibility index (Phi) is 9.06. The molecular weight excluding hydrogens is 170 g/mol. The quantitative estimate of drug-likeness (QED) is 0.438. The molecule has 0 aliphatic carbocycles. The van der Waals surface area contributed by atoms with Crippen molar-refractivity contribution in [3.8, 4) is 0 Å². The molecule has 0 saturated carbocycles. The minimum absolute atomic E-state index is 0.836. The van der Waals surface area contributed by atoms with E-state index in [0.717, 1.165) is 18.9 Å². The number of hydrogen-bond acceptors (Lipinski definition) is 1. The van der Waals surface area contributed by atoms with E-state index in [9.17, 15) is 0 Å². The van der Waals surface area contributed by atoms with Gasteiger partial charge in [0.2, 0.25) is 0 Å². The van der Waals surface area contributed by atoms with Crippen molar-refractivity contribution >= 4 is 0 Å². The summed E-state index contributed by atoms with van der Waals surface area (Å²) in [7, 11) is 0. The van der Waals surface area contributed by atoms with Crippen LogP contribution < -0.4 is 5.32 Å². The highest BCUT2D eigenvalue weighted by atomic mass is 14.8. The van der Waals surface area contributed by atoms with Crippen LogP contribution in [0.5, 0.6) is 0 Å². The van der Waals surface area contributed by atoms with Gasteiger partial charge in [0, 0.05) is 0 Å². The number of rotatable bonds is 9. The summed E-state index contributed by atoms with van der Waals surface area (Å²) in [6.45, 7) is 13.1. The highest BCUT2D eigenvalue weighted by Crippen LogP contribution is 2.15. The number of hydrogen-bond donors (Lipinski definition) is 1. The molecule has 0 aliphatic rings. The Balaban J connectivity index is 3.27. The van der Waals surface area contributed by atoms with Crippen molar-refractivity contribution in [3.63, 3.8) is 0 Å². The number of nitrogens with one attached hydrogen (secondary N) is 1. The van der Waals surface area contributed by atoms with Crippen LogP contribution in [0.3, 0.4) is 0 Å². The average molecular weight is 197 g/mol. The molecule has 0 saturated heterocycles. The molecule has 0 heterocycles. The van der Waals surface area contributed by atoms with Gasteiger partial charge in [0.05, 0.1) is 0 Å². The number of allylic oxidation sites excluding steroid dienone is 1. The molecule has 84 valence electrons. The van der Waals surface area contributed by atoms with Crippen LogP contribution in [-0.4, -0.2) is 13.1 Å². The second-order valence-electron chi connectivity index (χ2n) is 4.29. The highest BCUT2D eigenvalue weighted by molar-refractivity contribution is 4.92. The molecular formula is C13H27N. The van der Waals surface area contributed by atoms with Gasteiger partial charge in [0.1, 0.15) is 0 Å². The molecule has 1 unspecified atom stereocenters. The van der Waals surface area contributed by atoms with E-state index in [1.54, 1.807) is 0 Å². The van der Waals surface area contributed by atoms with Crippen LogP contribution in [0.25, 0.3) is 0 Å². The summed E-state index contributed by atoms with van der Waals surface area (Å²) in [5.41, 5.74) is 1.40. The van der Waals surface area contributed by atoms with E-state index >= 15 is 0 Å². The lowest BCUT2D eigenvalue weighted by molar-refractivity contribution is 0.468. The van der Waals surface area contributed by atoms with E-state index in [1.807, 2.05) is 0 Å². The maximum Gasteiger partial charge on any atom is -0.00464 e. The molecule has 0 aromatic carbocycles. The fourth-order valence-corrected chi connectivity index (χ4v) is 1.42. The molecule has 0 bridgehead atoms. The highest BCUT2D eigenvalue weighted by Gasteiger charge is 2.02. The van der Waals surface area contributed by atoms with E-state index < -0.39 is 0 Å². The molecule has 0 fully saturated rings. The Morgan fingerprint density at radius 3 is 2.50 bits per heavy atom. The Labute approximate surface area is 90.0 Å². The van der Waals surface area contributed by atoms with Crippen molar-refractivity contribution in [1.82, 2.24) is 5.32 Å². The molecule has 14 heavy (non-hydrogen) atoms. The van der Waals surface area contributed by atoms with E-state index in [1.165, 1.54) is 37.8 Å². The van der Waals surface area contributed by atoms with Crippen LogP contribution in [-0.2, 0) is 0 Å². The van der Waals surface area contributed by atoms with Crippen LogP contribution in [0.2, 0.25) is 0 Å². The van der Waals surface area contributed by atoms with Gasteiger partial charge in [-0.3, -0.25) is 0 Å². The molecule has 0 aromatic rings. The van der Waals surface area contributed by atoms with Crippen molar-refractivity contribution < 1.29 is 0 Å². The van der Waals surface area contributed by atoms with Crippen LogP contribution in [0.4, 0.5) is 0 Å². The monoisotopic (exact) mass is 197 g/mol. The Hall–Kier alpha value is -0.300. The molecule has 0 radical (unpaired) electrons. The van der Waals surface area contributed by atoms with E-state index in [2.05, 4.69) is 32.7 Å².